The van der Waals surface area contributed by atoms with Crippen LogP contribution in [0.3, 0.4) is 0 Å². The van der Waals surface area contributed by atoms with Crippen molar-refractivity contribution in [2.75, 3.05) is 0 Å². The van der Waals surface area contributed by atoms with Gasteiger partial charge in [-0.3, -0.25) is 10.1 Å². The predicted molar refractivity (Wildman–Crippen MR) is 75.2 cm³/mol. The van der Waals surface area contributed by atoms with Crippen molar-refractivity contribution in [2.45, 2.75) is 13.0 Å². The molecule has 21 heavy (non-hydrogen) atoms. The largest absolute Gasteiger partial charge is 0.453 e. The molecule has 5 nitrogen and oxygen atoms in total. The molecule has 0 aliphatic carbocycles. The van der Waals surface area contributed by atoms with E-state index in [-0.39, 0.29) is 22.2 Å². The molecule has 2 rings (SSSR count). The predicted octanol–water partition coefficient (Wildman–Crippen LogP) is 4.23. The second kappa shape index (κ2) is 6.07. The van der Waals surface area contributed by atoms with E-state index in [1.54, 1.807) is 13.0 Å². The molecule has 2 aromatic rings. The van der Waals surface area contributed by atoms with Crippen molar-refractivity contribution >= 4 is 17.3 Å². The summed E-state index contributed by atoms with van der Waals surface area (Å²) in [6.07, 6.45) is -0.687. The number of nitro groups is 1. The standard InChI is InChI=1S/C14H11ClFNO4/c1-8(18)9-2-4-13(11(15)6-9)21-14-5-3-10(17(19)20)7-12(14)16/h2-8,18H,1H3/t8-/m1/s1. The SMILES string of the molecule is C[C@@H](O)c1ccc(Oc2ccc([N+](=O)[O-])cc2F)c(Cl)c1. The van der Waals surface area contributed by atoms with Crippen LogP contribution in [0.1, 0.15) is 18.6 Å². The van der Waals surface area contributed by atoms with Gasteiger partial charge in [0.05, 0.1) is 22.1 Å². The van der Waals surface area contributed by atoms with Gasteiger partial charge in [-0.05, 0) is 30.7 Å². The Labute approximate surface area is 124 Å². The van der Waals surface area contributed by atoms with Crippen LogP contribution in [0.2, 0.25) is 5.02 Å². The summed E-state index contributed by atoms with van der Waals surface area (Å²) in [5.41, 5.74) is 0.229. The van der Waals surface area contributed by atoms with E-state index in [1.165, 1.54) is 12.1 Å². The molecular formula is C14H11ClFNO4. The lowest BCUT2D eigenvalue weighted by Gasteiger charge is -2.11. The maximum atomic E-state index is 13.7. The van der Waals surface area contributed by atoms with Gasteiger partial charge in [0.15, 0.2) is 11.6 Å². The molecule has 0 heterocycles. The van der Waals surface area contributed by atoms with E-state index in [0.29, 0.717) is 5.56 Å². The van der Waals surface area contributed by atoms with Gasteiger partial charge < -0.3 is 9.84 Å². The molecule has 110 valence electrons. The number of hydrogen-bond donors (Lipinski definition) is 1. The van der Waals surface area contributed by atoms with E-state index in [2.05, 4.69) is 0 Å². The lowest BCUT2D eigenvalue weighted by molar-refractivity contribution is -0.385. The van der Waals surface area contributed by atoms with Crippen LogP contribution in [0.4, 0.5) is 10.1 Å². The van der Waals surface area contributed by atoms with Crippen LogP contribution in [-0.2, 0) is 0 Å². The summed E-state index contributed by atoms with van der Waals surface area (Å²) in [6.45, 7) is 1.59. The molecule has 0 unspecified atom stereocenters. The number of nitro benzene ring substituents is 1. The third kappa shape index (κ3) is 3.48. The van der Waals surface area contributed by atoms with Crippen molar-refractivity contribution in [2.24, 2.45) is 0 Å². The van der Waals surface area contributed by atoms with Crippen molar-refractivity contribution in [1.29, 1.82) is 0 Å². The van der Waals surface area contributed by atoms with Gasteiger partial charge in [-0.25, -0.2) is 4.39 Å². The molecule has 0 saturated heterocycles. The van der Waals surface area contributed by atoms with Gasteiger partial charge in [0.1, 0.15) is 5.75 Å². The molecule has 7 heteroatoms. The normalized spacial score (nSPS) is 12.0. The number of non-ortho nitro benzene ring substituents is 1. The van der Waals surface area contributed by atoms with E-state index < -0.39 is 16.8 Å². The van der Waals surface area contributed by atoms with Crippen molar-refractivity contribution in [1.82, 2.24) is 0 Å². The summed E-state index contributed by atoms with van der Waals surface area (Å²) in [7, 11) is 0. The summed E-state index contributed by atoms with van der Waals surface area (Å²) in [5, 5.41) is 20.2. The highest BCUT2D eigenvalue weighted by molar-refractivity contribution is 6.32. The van der Waals surface area contributed by atoms with Gasteiger partial charge in [-0.1, -0.05) is 17.7 Å². The fourth-order valence-electron chi connectivity index (χ4n) is 1.66. The van der Waals surface area contributed by atoms with Crippen LogP contribution in [0.5, 0.6) is 11.5 Å². The number of aliphatic hydroxyl groups is 1. The zero-order valence-corrected chi connectivity index (χ0v) is 11.7. The summed E-state index contributed by atoms with van der Waals surface area (Å²) in [6, 6.07) is 7.65. The number of benzene rings is 2. The Bertz CT molecular complexity index is 691. The summed E-state index contributed by atoms with van der Waals surface area (Å²) >= 11 is 5.99. The highest BCUT2D eigenvalue weighted by Crippen LogP contribution is 2.33. The highest BCUT2D eigenvalue weighted by atomic mass is 35.5. The van der Waals surface area contributed by atoms with E-state index in [1.807, 2.05) is 0 Å². The number of aliphatic hydroxyl groups excluding tert-OH is 1. The first kappa shape index (κ1) is 15.2. The van der Waals surface area contributed by atoms with Crippen LogP contribution in [0.25, 0.3) is 0 Å². The van der Waals surface area contributed by atoms with Gasteiger partial charge in [-0.2, -0.15) is 0 Å². The molecule has 0 aliphatic rings. The minimum absolute atomic E-state index is 0.174. The Morgan fingerprint density at radius 2 is 1.95 bits per heavy atom. The molecule has 0 spiro atoms. The van der Waals surface area contributed by atoms with Crippen molar-refractivity contribution in [3.05, 3.63) is 62.9 Å². The summed E-state index contributed by atoms with van der Waals surface area (Å²) in [5.74, 6) is -0.846. The molecule has 0 aromatic heterocycles. The second-order valence-electron chi connectivity index (χ2n) is 4.34. The third-order valence-electron chi connectivity index (χ3n) is 2.78. The molecule has 0 bridgehead atoms. The summed E-state index contributed by atoms with van der Waals surface area (Å²) < 4.78 is 19.0. The Hall–Kier alpha value is -2.18. The van der Waals surface area contributed by atoms with Gasteiger partial charge in [0.2, 0.25) is 0 Å². The number of ether oxygens (including phenoxy) is 1. The van der Waals surface area contributed by atoms with Gasteiger partial charge >= 0.3 is 0 Å². The van der Waals surface area contributed by atoms with Gasteiger partial charge in [0.25, 0.3) is 5.69 Å². The van der Waals surface area contributed by atoms with Gasteiger partial charge in [0, 0.05) is 6.07 Å². The van der Waals surface area contributed by atoms with E-state index >= 15 is 0 Å². The first-order valence-corrected chi connectivity index (χ1v) is 6.35. The number of nitrogens with zero attached hydrogens (tertiary/aromatic N) is 1. The zero-order valence-electron chi connectivity index (χ0n) is 10.9. The molecule has 2 aromatic carbocycles. The Kier molecular flexibility index (Phi) is 4.40. The van der Waals surface area contributed by atoms with Crippen LogP contribution < -0.4 is 4.74 Å². The molecule has 1 atom stereocenters. The molecule has 0 fully saturated rings. The first-order chi connectivity index (χ1) is 9.88. The van der Waals surface area contributed by atoms with Crippen LogP contribution in [0.15, 0.2) is 36.4 Å². The van der Waals surface area contributed by atoms with Crippen LogP contribution in [-0.4, -0.2) is 10.0 Å². The van der Waals surface area contributed by atoms with Gasteiger partial charge in [-0.15, -0.1) is 0 Å². The maximum Gasteiger partial charge on any atom is 0.272 e. The van der Waals surface area contributed by atoms with Crippen LogP contribution >= 0.6 is 11.6 Å². The lowest BCUT2D eigenvalue weighted by atomic mass is 10.1. The molecular weight excluding hydrogens is 301 g/mol. The number of halogens is 2. The van der Waals surface area contributed by atoms with Crippen molar-refractivity contribution in [3.8, 4) is 11.5 Å². The monoisotopic (exact) mass is 311 g/mol. The van der Waals surface area contributed by atoms with Crippen LogP contribution in [0, 0.1) is 15.9 Å². The fraction of sp³-hybridized carbons (Fsp3) is 0.143. The molecule has 0 saturated carbocycles. The molecule has 0 aliphatic heterocycles. The fourth-order valence-corrected chi connectivity index (χ4v) is 1.89. The van der Waals surface area contributed by atoms with E-state index in [9.17, 15) is 19.6 Å². The lowest BCUT2D eigenvalue weighted by Crippen LogP contribution is -1.94. The second-order valence-corrected chi connectivity index (χ2v) is 4.75. The zero-order chi connectivity index (χ0) is 15.6. The van der Waals surface area contributed by atoms with Crippen molar-refractivity contribution < 1.29 is 19.2 Å². The minimum Gasteiger partial charge on any atom is -0.453 e. The summed E-state index contributed by atoms with van der Waals surface area (Å²) in [4.78, 5) is 9.83. The maximum absolute atomic E-state index is 13.7. The smallest absolute Gasteiger partial charge is 0.272 e. The van der Waals surface area contributed by atoms with Crippen molar-refractivity contribution in [3.63, 3.8) is 0 Å². The number of hydrogen-bond acceptors (Lipinski definition) is 4. The number of rotatable bonds is 4. The minimum atomic E-state index is -0.861. The molecule has 1 N–H and O–H groups in total. The quantitative estimate of drug-likeness (QED) is 0.677. The topological polar surface area (TPSA) is 72.6 Å². The highest BCUT2D eigenvalue weighted by Gasteiger charge is 2.14. The Balaban J connectivity index is 2.28. The molecule has 0 amide bonds. The Morgan fingerprint density at radius 1 is 1.29 bits per heavy atom. The average Bonchev–Trinajstić information content (AvgIpc) is 2.42. The third-order valence-corrected chi connectivity index (χ3v) is 3.08. The molecule has 0 radical (unpaired) electrons. The van der Waals surface area contributed by atoms with E-state index in [4.69, 9.17) is 16.3 Å². The van der Waals surface area contributed by atoms with E-state index in [0.717, 1.165) is 18.2 Å². The first-order valence-electron chi connectivity index (χ1n) is 5.98. The average molecular weight is 312 g/mol. The Morgan fingerprint density at radius 3 is 2.48 bits per heavy atom.